The number of esters is 1. The SMILES string of the molecule is COC(=O)c1cnc([N+](=O)[O-])c(OC)c1C(F)F. The first-order chi connectivity index (χ1) is 8.43. The topological polar surface area (TPSA) is 91.6 Å². The summed E-state index contributed by atoms with van der Waals surface area (Å²) in [7, 11) is 1.96. The van der Waals surface area contributed by atoms with Gasteiger partial charge in [-0.25, -0.2) is 13.6 Å². The Balaban J connectivity index is 3.58. The van der Waals surface area contributed by atoms with Crippen molar-refractivity contribution in [3.05, 3.63) is 27.4 Å². The molecule has 1 aromatic heterocycles. The van der Waals surface area contributed by atoms with Crippen LogP contribution in [0.15, 0.2) is 6.20 Å². The summed E-state index contributed by atoms with van der Waals surface area (Å²) in [6, 6.07) is 0. The van der Waals surface area contributed by atoms with Crippen LogP contribution in [0.25, 0.3) is 0 Å². The van der Waals surface area contributed by atoms with Gasteiger partial charge in [0.1, 0.15) is 5.56 Å². The Kier molecular flexibility index (Phi) is 4.08. The quantitative estimate of drug-likeness (QED) is 0.466. The van der Waals surface area contributed by atoms with E-state index < -0.39 is 40.0 Å². The first kappa shape index (κ1) is 13.7. The van der Waals surface area contributed by atoms with Crippen LogP contribution in [0.5, 0.6) is 5.75 Å². The first-order valence-electron chi connectivity index (χ1n) is 4.51. The van der Waals surface area contributed by atoms with E-state index in [1.165, 1.54) is 0 Å². The minimum atomic E-state index is -3.14. The van der Waals surface area contributed by atoms with Gasteiger partial charge >= 0.3 is 11.8 Å². The molecule has 1 heterocycles. The first-order valence-corrected chi connectivity index (χ1v) is 4.51. The molecule has 0 saturated carbocycles. The van der Waals surface area contributed by atoms with E-state index in [4.69, 9.17) is 0 Å². The van der Waals surface area contributed by atoms with E-state index in [1.807, 2.05) is 0 Å². The summed E-state index contributed by atoms with van der Waals surface area (Å²) < 4.78 is 34.6. The minimum absolute atomic E-state index is 0.574. The lowest BCUT2D eigenvalue weighted by Crippen LogP contribution is -2.10. The number of methoxy groups -OCH3 is 2. The number of nitrogens with zero attached hydrogens (tertiary/aromatic N) is 2. The number of halogens is 2. The van der Waals surface area contributed by atoms with E-state index in [9.17, 15) is 23.7 Å². The molecule has 0 N–H and O–H groups in total. The highest BCUT2D eigenvalue weighted by atomic mass is 19.3. The van der Waals surface area contributed by atoms with Gasteiger partial charge in [-0.15, -0.1) is 0 Å². The van der Waals surface area contributed by atoms with Crippen LogP contribution in [0.1, 0.15) is 22.3 Å². The van der Waals surface area contributed by atoms with E-state index in [2.05, 4.69) is 14.5 Å². The second-order valence-corrected chi connectivity index (χ2v) is 2.99. The summed E-state index contributed by atoms with van der Waals surface area (Å²) in [4.78, 5) is 24.2. The second-order valence-electron chi connectivity index (χ2n) is 2.99. The van der Waals surface area contributed by atoms with Crippen molar-refractivity contribution in [2.45, 2.75) is 6.43 Å². The van der Waals surface area contributed by atoms with Crippen molar-refractivity contribution in [2.75, 3.05) is 14.2 Å². The van der Waals surface area contributed by atoms with Crippen molar-refractivity contribution in [3.8, 4) is 5.75 Å². The fourth-order valence-electron chi connectivity index (χ4n) is 1.32. The number of alkyl halides is 2. The van der Waals surface area contributed by atoms with Crippen LogP contribution in [0.4, 0.5) is 14.6 Å². The minimum Gasteiger partial charge on any atom is -0.489 e. The molecule has 18 heavy (non-hydrogen) atoms. The third kappa shape index (κ3) is 2.34. The molecule has 0 unspecified atom stereocenters. The zero-order chi connectivity index (χ0) is 13.9. The molecular weight excluding hydrogens is 254 g/mol. The summed E-state index contributed by atoms with van der Waals surface area (Å²) >= 11 is 0. The molecule has 0 amide bonds. The smallest absolute Gasteiger partial charge is 0.406 e. The molecule has 9 heteroatoms. The van der Waals surface area contributed by atoms with Crippen LogP contribution in [0.3, 0.4) is 0 Å². The molecule has 0 fully saturated rings. The van der Waals surface area contributed by atoms with E-state index in [1.54, 1.807) is 0 Å². The fraction of sp³-hybridized carbons (Fsp3) is 0.333. The van der Waals surface area contributed by atoms with Gasteiger partial charge < -0.3 is 19.6 Å². The highest BCUT2D eigenvalue weighted by Crippen LogP contribution is 2.37. The summed E-state index contributed by atoms with van der Waals surface area (Å²) in [5.74, 6) is -2.72. The zero-order valence-corrected chi connectivity index (χ0v) is 9.35. The van der Waals surface area contributed by atoms with Crippen molar-refractivity contribution in [1.82, 2.24) is 4.98 Å². The molecule has 1 aromatic rings. The Morgan fingerprint density at radius 1 is 1.50 bits per heavy atom. The Morgan fingerprint density at radius 2 is 2.11 bits per heavy atom. The number of hydrogen-bond donors (Lipinski definition) is 0. The Morgan fingerprint density at radius 3 is 2.50 bits per heavy atom. The van der Waals surface area contributed by atoms with Gasteiger partial charge in [0.2, 0.25) is 5.75 Å². The van der Waals surface area contributed by atoms with E-state index in [0.29, 0.717) is 6.20 Å². The predicted octanol–water partition coefficient (Wildman–Crippen LogP) is 1.72. The molecule has 0 aliphatic carbocycles. The molecular formula is C9H8F2N2O5. The van der Waals surface area contributed by atoms with Gasteiger partial charge in [-0.05, 0) is 9.91 Å². The molecule has 0 saturated heterocycles. The lowest BCUT2D eigenvalue weighted by molar-refractivity contribution is -0.390. The van der Waals surface area contributed by atoms with Crippen LogP contribution < -0.4 is 4.74 Å². The zero-order valence-electron chi connectivity index (χ0n) is 9.35. The molecule has 0 aromatic carbocycles. The lowest BCUT2D eigenvalue weighted by Gasteiger charge is -2.10. The maximum Gasteiger partial charge on any atom is 0.406 e. The van der Waals surface area contributed by atoms with Crippen LogP contribution in [-0.2, 0) is 4.74 Å². The molecule has 0 aliphatic rings. The van der Waals surface area contributed by atoms with Gasteiger partial charge in [0.15, 0.2) is 6.20 Å². The standard InChI is InChI=1S/C9H8F2N2O5/c1-17-6-5(7(10)11)4(9(14)18-2)3-12-8(6)13(15)16/h3,7H,1-2H3. The number of ether oxygens (including phenoxy) is 2. The van der Waals surface area contributed by atoms with Crippen molar-refractivity contribution < 1.29 is 28.0 Å². The van der Waals surface area contributed by atoms with Gasteiger partial charge in [-0.3, -0.25) is 0 Å². The summed E-state index contributed by atoms with van der Waals surface area (Å²) in [5, 5.41) is 10.6. The van der Waals surface area contributed by atoms with Crippen molar-refractivity contribution in [1.29, 1.82) is 0 Å². The average molecular weight is 262 g/mol. The van der Waals surface area contributed by atoms with Gasteiger partial charge in [0.25, 0.3) is 6.43 Å². The summed E-state index contributed by atoms with van der Waals surface area (Å²) in [5.41, 5.74) is -1.49. The molecule has 1 rings (SSSR count). The highest BCUT2D eigenvalue weighted by Gasteiger charge is 2.32. The van der Waals surface area contributed by atoms with E-state index in [0.717, 1.165) is 14.2 Å². The van der Waals surface area contributed by atoms with Gasteiger partial charge in [0, 0.05) is 0 Å². The number of nitro groups is 1. The molecule has 0 atom stereocenters. The summed E-state index contributed by atoms with van der Waals surface area (Å²) in [6.45, 7) is 0. The number of hydrogen-bond acceptors (Lipinski definition) is 6. The fourth-order valence-corrected chi connectivity index (χ4v) is 1.32. The number of aromatic nitrogens is 1. The maximum atomic E-state index is 12.9. The third-order valence-corrected chi connectivity index (χ3v) is 2.05. The van der Waals surface area contributed by atoms with Crippen molar-refractivity contribution >= 4 is 11.8 Å². The second kappa shape index (κ2) is 5.34. The van der Waals surface area contributed by atoms with Crippen LogP contribution in [-0.4, -0.2) is 30.1 Å². The van der Waals surface area contributed by atoms with Crippen molar-refractivity contribution in [2.24, 2.45) is 0 Å². The van der Waals surface area contributed by atoms with Gasteiger partial charge in [0.05, 0.1) is 19.8 Å². The van der Waals surface area contributed by atoms with Gasteiger partial charge in [-0.2, -0.15) is 0 Å². The molecule has 0 bridgehead atoms. The van der Waals surface area contributed by atoms with Crippen LogP contribution in [0, 0.1) is 10.1 Å². The molecule has 0 aliphatic heterocycles. The number of carbonyl (C=O) groups is 1. The van der Waals surface area contributed by atoms with E-state index >= 15 is 0 Å². The number of carbonyl (C=O) groups excluding carboxylic acids is 1. The monoisotopic (exact) mass is 262 g/mol. The number of pyridine rings is 1. The highest BCUT2D eigenvalue weighted by molar-refractivity contribution is 5.92. The van der Waals surface area contributed by atoms with Crippen LogP contribution in [0.2, 0.25) is 0 Å². The normalized spacial score (nSPS) is 10.3. The summed E-state index contributed by atoms with van der Waals surface area (Å²) in [6.07, 6.45) is -2.48. The maximum absolute atomic E-state index is 12.9. The Bertz CT molecular complexity index is 492. The van der Waals surface area contributed by atoms with Gasteiger partial charge in [-0.1, -0.05) is 0 Å². The largest absolute Gasteiger partial charge is 0.489 e. The molecule has 7 nitrogen and oxygen atoms in total. The third-order valence-electron chi connectivity index (χ3n) is 2.05. The molecule has 0 spiro atoms. The predicted molar refractivity (Wildman–Crippen MR) is 53.7 cm³/mol. The number of rotatable bonds is 4. The molecule has 0 radical (unpaired) electrons. The van der Waals surface area contributed by atoms with Crippen molar-refractivity contribution in [3.63, 3.8) is 0 Å². The van der Waals surface area contributed by atoms with E-state index in [-0.39, 0.29) is 0 Å². The Labute approximate surface area is 99.5 Å². The lowest BCUT2D eigenvalue weighted by atomic mass is 10.1. The average Bonchev–Trinajstić information content (AvgIpc) is 2.35. The molecule has 98 valence electrons. The Hall–Kier alpha value is -2.32. The van der Waals surface area contributed by atoms with Crippen LogP contribution >= 0.6 is 0 Å².